The Bertz CT molecular complexity index is 838. The van der Waals surface area contributed by atoms with E-state index in [-0.39, 0.29) is 0 Å². The summed E-state index contributed by atoms with van der Waals surface area (Å²) in [7, 11) is 1.61. The van der Waals surface area contributed by atoms with Gasteiger partial charge in [0.1, 0.15) is 12.1 Å². The summed E-state index contributed by atoms with van der Waals surface area (Å²) >= 11 is 0. The van der Waals surface area contributed by atoms with Gasteiger partial charge in [-0.05, 0) is 6.92 Å². The Hall–Kier alpha value is -2.97. The van der Waals surface area contributed by atoms with Gasteiger partial charge in [0, 0.05) is 37.9 Å². The first-order valence-corrected chi connectivity index (χ1v) is 7.78. The average molecular weight is 326 g/mol. The predicted octanol–water partition coefficient (Wildman–Crippen LogP) is 0.558. The molecular weight excluding hydrogens is 308 g/mol. The molecule has 9 nitrogen and oxygen atoms in total. The monoisotopic (exact) mass is 326 g/mol. The van der Waals surface area contributed by atoms with E-state index in [1.54, 1.807) is 24.0 Å². The van der Waals surface area contributed by atoms with Gasteiger partial charge in [-0.2, -0.15) is 14.6 Å². The Labute approximate surface area is 138 Å². The third-order valence-corrected chi connectivity index (χ3v) is 4.10. The zero-order chi connectivity index (χ0) is 16.5. The molecule has 3 aromatic rings. The number of aryl methyl sites for hydroxylation is 1. The van der Waals surface area contributed by atoms with Crippen molar-refractivity contribution in [3.8, 4) is 5.75 Å². The van der Waals surface area contributed by atoms with Crippen LogP contribution in [0.15, 0.2) is 24.8 Å². The summed E-state index contributed by atoms with van der Waals surface area (Å²) in [6.45, 7) is 5.36. The first kappa shape index (κ1) is 14.6. The van der Waals surface area contributed by atoms with Gasteiger partial charge in [0.2, 0.25) is 5.95 Å². The van der Waals surface area contributed by atoms with E-state index in [4.69, 9.17) is 4.74 Å². The Morgan fingerprint density at radius 3 is 2.42 bits per heavy atom. The van der Waals surface area contributed by atoms with Gasteiger partial charge in [-0.1, -0.05) is 0 Å². The van der Waals surface area contributed by atoms with Gasteiger partial charge in [-0.15, -0.1) is 0 Å². The van der Waals surface area contributed by atoms with E-state index in [1.807, 2.05) is 13.0 Å². The number of anilines is 2. The predicted molar refractivity (Wildman–Crippen MR) is 88.5 cm³/mol. The molecule has 0 amide bonds. The van der Waals surface area contributed by atoms with Gasteiger partial charge in [0.05, 0.1) is 19.5 Å². The zero-order valence-electron chi connectivity index (χ0n) is 13.6. The van der Waals surface area contributed by atoms with E-state index in [0.717, 1.165) is 43.6 Å². The number of methoxy groups -OCH3 is 1. The third-order valence-electron chi connectivity index (χ3n) is 4.10. The van der Waals surface area contributed by atoms with Crippen LogP contribution in [0.1, 0.15) is 5.69 Å². The van der Waals surface area contributed by atoms with E-state index >= 15 is 0 Å². The van der Waals surface area contributed by atoms with Crippen molar-refractivity contribution in [2.24, 2.45) is 0 Å². The molecule has 1 aliphatic rings. The normalized spacial score (nSPS) is 15.1. The first-order valence-electron chi connectivity index (χ1n) is 7.78. The van der Waals surface area contributed by atoms with Crippen LogP contribution >= 0.6 is 0 Å². The van der Waals surface area contributed by atoms with Gasteiger partial charge in [-0.25, -0.2) is 15.0 Å². The fourth-order valence-corrected chi connectivity index (χ4v) is 2.85. The molecule has 0 aromatic carbocycles. The molecule has 9 heteroatoms. The molecule has 0 saturated carbocycles. The molecule has 124 valence electrons. The number of nitrogens with zero attached hydrogens (tertiary/aromatic N) is 8. The third kappa shape index (κ3) is 2.57. The molecular formula is C15H18N8O. The summed E-state index contributed by atoms with van der Waals surface area (Å²) in [4.78, 5) is 21.8. The highest BCUT2D eigenvalue weighted by Crippen LogP contribution is 2.20. The van der Waals surface area contributed by atoms with Crippen LogP contribution in [0.3, 0.4) is 0 Å². The Morgan fingerprint density at radius 1 is 1.00 bits per heavy atom. The Kier molecular flexibility index (Phi) is 3.60. The van der Waals surface area contributed by atoms with Gasteiger partial charge in [-0.3, -0.25) is 0 Å². The highest BCUT2D eigenvalue weighted by atomic mass is 16.5. The molecule has 4 heterocycles. The molecule has 1 aliphatic heterocycles. The second-order valence-electron chi connectivity index (χ2n) is 5.62. The van der Waals surface area contributed by atoms with Gasteiger partial charge < -0.3 is 14.5 Å². The number of rotatable bonds is 3. The van der Waals surface area contributed by atoms with E-state index in [2.05, 4.69) is 34.8 Å². The second-order valence-corrected chi connectivity index (χ2v) is 5.62. The first-order chi connectivity index (χ1) is 11.7. The summed E-state index contributed by atoms with van der Waals surface area (Å²) in [6, 6.07) is 2.04. The van der Waals surface area contributed by atoms with Crippen molar-refractivity contribution in [1.82, 2.24) is 29.5 Å². The maximum absolute atomic E-state index is 5.10. The van der Waals surface area contributed by atoms with Crippen molar-refractivity contribution in [3.05, 3.63) is 30.5 Å². The average Bonchev–Trinajstić information content (AvgIpc) is 3.09. The van der Waals surface area contributed by atoms with Crippen molar-refractivity contribution >= 4 is 17.5 Å². The molecule has 0 N–H and O–H groups in total. The maximum Gasteiger partial charge on any atom is 0.254 e. The van der Waals surface area contributed by atoms with Crippen LogP contribution in [-0.4, -0.2) is 62.8 Å². The lowest BCUT2D eigenvalue weighted by atomic mass is 10.3. The highest BCUT2D eigenvalue weighted by Gasteiger charge is 2.21. The van der Waals surface area contributed by atoms with Gasteiger partial charge in [0.25, 0.3) is 5.78 Å². The number of hydrogen-bond acceptors (Lipinski definition) is 8. The van der Waals surface area contributed by atoms with Crippen LogP contribution in [-0.2, 0) is 0 Å². The van der Waals surface area contributed by atoms with E-state index in [1.165, 1.54) is 6.33 Å². The number of hydrogen-bond donors (Lipinski definition) is 0. The molecule has 0 radical (unpaired) electrons. The zero-order valence-corrected chi connectivity index (χ0v) is 13.6. The van der Waals surface area contributed by atoms with Crippen molar-refractivity contribution in [1.29, 1.82) is 0 Å². The fourth-order valence-electron chi connectivity index (χ4n) is 2.85. The van der Waals surface area contributed by atoms with Crippen LogP contribution in [0.5, 0.6) is 5.75 Å². The standard InChI is InChI=1S/C15H18N8O/c1-11-7-13(23-15(20-11)18-10-19-23)21-3-5-22(6-4-21)14-16-8-12(24-2)9-17-14/h7-10H,3-6H2,1-2H3. The lowest BCUT2D eigenvalue weighted by Crippen LogP contribution is -2.47. The Morgan fingerprint density at radius 2 is 1.71 bits per heavy atom. The summed E-state index contributed by atoms with van der Waals surface area (Å²) in [5.41, 5.74) is 0.936. The Balaban J connectivity index is 1.51. The largest absolute Gasteiger partial charge is 0.494 e. The molecule has 0 atom stereocenters. The minimum absolute atomic E-state index is 0.630. The minimum atomic E-state index is 0.630. The van der Waals surface area contributed by atoms with E-state index < -0.39 is 0 Å². The van der Waals surface area contributed by atoms with Gasteiger partial charge in [0.15, 0.2) is 5.75 Å². The van der Waals surface area contributed by atoms with Crippen molar-refractivity contribution < 1.29 is 4.74 Å². The molecule has 0 spiro atoms. The number of fused-ring (bicyclic) bond motifs is 1. The van der Waals surface area contributed by atoms with Crippen LogP contribution in [0.4, 0.5) is 11.8 Å². The molecule has 0 unspecified atom stereocenters. The summed E-state index contributed by atoms with van der Waals surface area (Å²) in [6.07, 6.45) is 4.92. The maximum atomic E-state index is 5.10. The molecule has 0 aliphatic carbocycles. The minimum Gasteiger partial charge on any atom is -0.494 e. The van der Waals surface area contributed by atoms with Crippen molar-refractivity contribution in [3.63, 3.8) is 0 Å². The molecule has 4 rings (SSSR count). The number of ether oxygens (including phenoxy) is 1. The van der Waals surface area contributed by atoms with Crippen molar-refractivity contribution in [2.75, 3.05) is 43.1 Å². The molecule has 24 heavy (non-hydrogen) atoms. The van der Waals surface area contributed by atoms with Gasteiger partial charge >= 0.3 is 0 Å². The molecule has 3 aromatic heterocycles. The van der Waals surface area contributed by atoms with E-state index in [9.17, 15) is 0 Å². The number of piperazine rings is 1. The SMILES string of the molecule is COc1cnc(N2CCN(c3cc(C)nc4ncnn34)CC2)nc1. The van der Waals surface area contributed by atoms with E-state index in [0.29, 0.717) is 11.5 Å². The van der Waals surface area contributed by atoms with Crippen LogP contribution in [0, 0.1) is 6.92 Å². The lowest BCUT2D eigenvalue weighted by Gasteiger charge is -2.35. The smallest absolute Gasteiger partial charge is 0.254 e. The van der Waals surface area contributed by atoms with Crippen molar-refractivity contribution in [2.45, 2.75) is 6.92 Å². The number of aromatic nitrogens is 6. The molecule has 1 saturated heterocycles. The summed E-state index contributed by atoms with van der Waals surface area (Å²) < 4.78 is 6.89. The van der Waals surface area contributed by atoms with Crippen LogP contribution in [0.25, 0.3) is 5.78 Å². The topological polar surface area (TPSA) is 84.6 Å². The molecule has 1 fully saturated rings. The second kappa shape index (κ2) is 5.91. The fraction of sp³-hybridized carbons (Fsp3) is 0.400. The summed E-state index contributed by atoms with van der Waals surface area (Å²) in [5.74, 6) is 3.04. The quantitative estimate of drug-likeness (QED) is 0.690. The van der Waals surface area contributed by atoms with Crippen LogP contribution < -0.4 is 14.5 Å². The highest BCUT2D eigenvalue weighted by molar-refractivity contribution is 5.49. The lowest BCUT2D eigenvalue weighted by molar-refractivity contribution is 0.410. The summed E-state index contributed by atoms with van der Waals surface area (Å²) in [5, 5.41) is 4.28. The molecule has 0 bridgehead atoms. The van der Waals surface area contributed by atoms with Crippen LogP contribution in [0.2, 0.25) is 0 Å².